The van der Waals surface area contributed by atoms with Gasteiger partial charge in [0.2, 0.25) is 0 Å². The first-order valence-corrected chi connectivity index (χ1v) is 23.3. The fraction of sp³-hybridized carbons (Fsp3) is 0.936. The molecule has 1 aromatic heterocycles. The summed E-state index contributed by atoms with van der Waals surface area (Å²) in [6, 6.07) is 0.618. The number of aromatic amines is 1. The van der Waals surface area contributed by atoms with Crippen LogP contribution in [0, 0.1) is 0 Å². The van der Waals surface area contributed by atoms with Gasteiger partial charge in [-0.2, -0.15) is 0 Å². The normalized spacial score (nSPS) is 12.4. The van der Waals surface area contributed by atoms with E-state index in [2.05, 4.69) is 49.6 Å². The number of nitrogens with zero attached hydrogens (tertiary/aromatic N) is 1. The molecule has 0 saturated heterocycles. The van der Waals surface area contributed by atoms with Crippen molar-refractivity contribution in [2.45, 2.75) is 284 Å². The molecule has 0 amide bonds. The largest absolute Gasteiger partial charge is 0.257 e. The molecule has 0 aliphatic heterocycles. The molecular weight excluding hydrogens is 593 g/mol. The Kier molecular flexibility index (Phi) is 34.9. The lowest BCUT2D eigenvalue weighted by molar-refractivity contribution is -0.727. The third-order valence-electron chi connectivity index (χ3n) is 11.6. The second kappa shape index (κ2) is 37.0. The lowest BCUT2D eigenvalue weighted by Gasteiger charge is -2.17. The lowest BCUT2D eigenvalue weighted by atomic mass is 9.92. The summed E-state index contributed by atoms with van der Waals surface area (Å²) in [5.41, 5.74) is 0. The Balaban J connectivity index is 2.36. The first kappa shape index (κ1) is 46.2. The van der Waals surface area contributed by atoms with Crippen molar-refractivity contribution in [3.05, 3.63) is 18.2 Å². The van der Waals surface area contributed by atoms with Crippen LogP contribution in [0.4, 0.5) is 0 Å². The molecule has 0 saturated carbocycles. The zero-order valence-electron chi connectivity index (χ0n) is 34.6. The molecule has 0 aliphatic rings. The second-order valence-electron chi connectivity index (χ2n) is 16.5. The molecule has 1 heterocycles. The van der Waals surface area contributed by atoms with Crippen LogP contribution in [0.25, 0.3) is 0 Å². The van der Waals surface area contributed by atoms with Crippen molar-refractivity contribution in [1.82, 2.24) is 4.98 Å². The van der Waals surface area contributed by atoms with Crippen molar-refractivity contribution >= 4 is 0 Å². The molecular formula is C47H93N2+. The van der Waals surface area contributed by atoms with Gasteiger partial charge in [0, 0.05) is 0 Å². The van der Waals surface area contributed by atoms with Gasteiger partial charge in [-0.1, -0.05) is 239 Å². The fourth-order valence-corrected chi connectivity index (χ4v) is 8.20. The van der Waals surface area contributed by atoms with E-state index in [1.807, 2.05) is 0 Å². The van der Waals surface area contributed by atoms with Gasteiger partial charge in [-0.25, -0.2) is 9.55 Å². The van der Waals surface area contributed by atoms with Gasteiger partial charge in [-0.05, 0) is 32.6 Å². The summed E-state index contributed by atoms with van der Waals surface area (Å²) >= 11 is 0. The number of imidazole rings is 1. The van der Waals surface area contributed by atoms with Crippen LogP contribution < -0.4 is 4.57 Å². The minimum Gasteiger partial charge on any atom is -0.247 e. The predicted octanol–water partition coefficient (Wildman–Crippen LogP) is 16.8. The molecule has 0 fully saturated rings. The molecule has 2 nitrogen and oxygen atoms in total. The van der Waals surface area contributed by atoms with E-state index in [9.17, 15) is 0 Å². The predicted molar refractivity (Wildman–Crippen MR) is 221 cm³/mol. The third-order valence-corrected chi connectivity index (χ3v) is 11.6. The highest BCUT2D eigenvalue weighted by Crippen LogP contribution is 2.28. The van der Waals surface area contributed by atoms with Gasteiger partial charge in [0.15, 0.2) is 0 Å². The number of H-pyrrole nitrogens is 1. The molecule has 1 atom stereocenters. The van der Waals surface area contributed by atoms with Crippen molar-refractivity contribution in [2.24, 2.45) is 0 Å². The molecule has 1 unspecified atom stereocenters. The summed E-state index contributed by atoms with van der Waals surface area (Å²) in [7, 11) is 0. The highest BCUT2D eigenvalue weighted by Gasteiger charge is 2.25. The molecule has 1 N–H and O–H groups in total. The molecule has 0 aliphatic carbocycles. The first-order valence-electron chi connectivity index (χ1n) is 23.3. The van der Waals surface area contributed by atoms with Gasteiger partial charge in [0.1, 0.15) is 12.4 Å². The molecule has 1 rings (SSSR count). The number of aromatic nitrogens is 2. The summed E-state index contributed by atoms with van der Waals surface area (Å²) < 4.78 is 2.65. The Morgan fingerprint density at radius 2 is 0.653 bits per heavy atom. The Labute approximate surface area is 310 Å². The first-order chi connectivity index (χ1) is 24.2. The minimum atomic E-state index is 0.618. The van der Waals surface area contributed by atoms with E-state index < -0.39 is 0 Å². The van der Waals surface area contributed by atoms with Crippen molar-refractivity contribution in [1.29, 1.82) is 0 Å². The van der Waals surface area contributed by atoms with Crippen LogP contribution >= 0.6 is 0 Å². The standard InChI is InChI=1S/C47H92N2/c1-5-8-11-14-17-19-21-23-25-27-29-32-35-38-41-46(42-39-36-33-30-28-26-24-22-20-18-15-12-9-6-2)47-48-43-44-49(47)45(4)40-37-34-31-16-13-10-7-3/h43-46H,5-42H2,1-4H3/p+1. The van der Waals surface area contributed by atoms with Crippen LogP contribution in [0.15, 0.2) is 12.4 Å². The SMILES string of the molecule is CCCCCCCCCCCCCCCCC(CCCCCCCCCCCCCCCC)c1[nH]cc[n+]1C(C)CCCCCCCCC. The molecule has 2 heteroatoms. The number of hydrogen-bond donors (Lipinski definition) is 1. The van der Waals surface area contributed by atoms with Gasteiger partial charge in [0.05, 0.1) is 12.0 Å². The Bertz CT molecular complexity index is 721. The van der Waals surface area contributed by atoms with Crippen LogP contribution in [0.5, 0.6) is 0 Å². The van der Waals surface area contributed by atoms with E-state index >= 15 is 0 Å². The average Bonchev–Trinajstić information content (AvgIpc) is 3.60. The lowest BCUT2D eigenvalue weighted by Crippen LogP contribution is -2.41. The summed E-state index contributed by atoms with van der Waals surface area (Å²) in [5, 5.41) is 0. The Morgan fingerprint density at radius 1 is 0.388 bits per heavy atom. The monoisotopic (exact) mass is 686 g/mol. The van der Waals surface area contributed by atoms with Crippen LogP contribution in [0.3, 0.4) is 0 Å². The van der Waals surface area contributed by atoms with E-state index in [1.165, 1.54) is 244 Å². The van der Waals surface area contributed by atoms with Crippen molar-refractivity contribution in [3.8, 4) is 0 Å². The maximum Gasteiger partial charge on any atom is 0.257 e. The van der Waals surface area contributed by atoms with E-state index in [0.29, 0.717) is 12.0 Å². The van der Waals surface area contributed by atoms with Crippen LogP contribution in [0.2, 0.25) is 0 Å². The Morgan fingerprint density at radius 3 is 0.959 bits per heavy atom. The van der Waals surface area contributed by atoms with E-state index in [1.54, 1.807) is 5.82 Å². The summed E-state index contributed by atoms with van der Waals surface area (Å²) in [4.78, 5) is 3.77. The summed E-state index contributed by atoms with van der Waals surface area (Å²) in [6.07, 6.45) is 59.1. The number of rotatable bonds is 40. The molecule has 0 bridgehead atoms. The summed E-state index contributed by atoms with van der Waals surface area (Å²) in [6.45, 7) is 9.43. The smallest absolute Gasteiger partial charge is 0.247 e. The minimum absolute atomic E-state index is 0.618. The highest BCUT2D eigenvalue weighted by atomic mass is 15.1. The zero-order valence-corrected chi connectivity index (χ0v) is 34.6. The van der Waals surface area contributed by atoms with Crippen molar-refractivity contribution in [3.63, 3.8) is 0 Å². The van der Waals surface area contributed by atoms with Crippen LogP contribution in [-0.4, -0.2) is 4.98 Å². The van der Waals surface area contributed by atoms with Gasteiger partial charge in [-0.15, -0.1) is 0 Å². The molecule has 1 aromatic rings. The molecule has 0 radical (unpaired) electrons. The highest BCUT2D eigenvalue weighted by molar-refractivity contribution is 4.90. The maximum absolute atomic E-state index is 3.77. The number of nitrogens with one attached hydrogen (secondary N) is 1. The average molecular weight is 686 g/mol. The van der Waals surface area contributed by atoms with E-state index in [0.717, 1.165) is 0 Å². The molecule has 0 spiro atoms. The summed E-state index contributed by atoms with van der Waals surface area (Å²) in [5.74, 6) is 2.25. The van der Waals surface area contributed by atoms with Crippen molar-refractivity contribution < 1.29 is 4.57 Å². The topological polar surface area (TPSA) is 19.7 Å². The number of hydrogen-bond acceptors (Lipinski definition) is 0. The van der Waals surface area contributed by atoms with Crippen LogP contribution in [-0.2, 0) is 0 Å². The van der Waals surface area contributed by atoms with Gasteiger partial charge in [0.25, 0.3) is 5.82 Å². The third kappa shape index (κ3) is 28.5. The van der Waals surface area contributed by atoms with Crippen molar-refractivity contribution in [2.75, 3.05) is 0 Å². The van der Waals surface area contributed by atoms with E-state index in [4.69, 9.17) is 0 Å². The van der Waals surface area contributed by atoms with Gasteiger partial charge < -0.3 is 0 Å². The maximum atomic E-state index is 3.77. The Hall–Kier alpha value is -0.790. The molecule has 290 valence electrons. The molecule has 49 heavy (non-hydrogen) atoms. The molecule has 0 aromatic carbocycles. The van der Waals surface area contributed by atoms with Gasteiger partial charge in [-0.3, -0.25) is 0 Å². The quantitative estimate of drug-likeness (QED) is 0.0524. The number of unbranched alkanes of at least 4 members (excludes halogenated alkanes) is 32. The van der Waals surface area contributed by atoms with E-state index in [-0.39, 0.29) is 0 Å². The van der Waals surface area contributed by atoms with Gasteiger partial charge >= 0.3 is 0 Å². The fourth-order valence-electron chi connectivity index (χ4n) is 8.20. The van der Waals surface area contributed by atoms with Crippen LogP contribution in [0.1, 0.15) is 289 Å². The second-order valence-corrected chi connectivity index (χ2v) is 16.5. The zero-order chi connectivity index (χ0) is 35.3.